The first-order valence-electron chi connectivity index (χ1n) is 10.8. The van der Waals surface area contributed by atoms with Gasteiger partial charge >= 0.3 is 0 Å². The Hall–Kier alpha value is -2.34. The van der Waals surface area contributed by atoms with E-state index in [1.165, 1.54) is 24.1 Å². The van der Waals surface area contributed by atoms with Gasteiger partial charge in [-0.05, 0) is 83.6 Å². The number of amides is 2. The molecule has 3 aromatic carbocycles. The molecule has 36 heavy (non-hydrogen) atoms. The van der Waals surface area contributed by atoms with E-state index in [2.05, 4.69) is 27.9 Å². The first-order chi connectivity index (χ1) is 17.0. The molecule has 11 heteroatoms. The maximum Gasteiger partial charge on any atom is 0.264 e. The summed E-state index contributed by atoms with van der Waals surface area (Å²) in [6.07, 6.45) is 0. The smallest absolute Gasteiger partial charge is 0.264 e. The normalized spacial score (nSPS) is 12.0. The Kier molecular flexibility index (Phi) is 9.62. The van der Waals surface area contributed by atoms with E-state index in [0.717, 1.165) is 7.88 Å². The monoisotopic (exact) mass is 659 g/mol. The first-order valence-corrected chi connectivity index (χ1v) is 14.1. The van der Waals surface area contributed by atoms with E-state index in [0.29, 0.717) is 21.3 Å². The van der Waals surface area contributed by atoms with E-state index in [4.69, 9.17) is 23.2 Å². The summed E-state index contributed by atoms with van der Waals surface area (Å²) in [7, 11) is -2.62. The van der Waals surface area contributed by atoms with Crippen LogP contribution in [-0.4, -0.2) is 44.8 Å². The van der Waals surface area contributed by atoms with Crippen molar-refractivity contribution in [3.05, 3.63) is 92.0 Å². The zero-order valence-corrected chi connectivity index (χ0v) is 24.0. The van der Waals surface area contributed by atoms with Gasteiger partial charge in [0, 0.05) is 17.2 Å². The van der Waals surface area contributed by atoms with Crippen LogP contribution in [0.5, 0.6) is 0 Å². The molecule has 0 fully saturated rings. The van der Waals surface area contributed by atoms with Crippen molar-refractivity contribution in [2.24, 2.45) is 0 Å². The van der Waals surface area contributed by atoms with Crippen LogP contribution in [0.3, 0.4) is 0 Å². The maximum atomic E-state index is 13.7. The predicted octanol–water partition coefficient (Wildman–Crippen LogP) is 4.96. The number of benzene rings is 3. The minimum atomic E-state index is -4.09. The van der Waals surface area contributed by atoms with Crippen LogP contribution in [0.15, 0.2) is 77.7 Å². The molecule has 0 radical (unpaired) electrons. The number of nitrogens with one attached hydrogen (secondary N) is 1. The zero-order valence-electron chi connectivity index (χ0n) is 19.5. The Balaban J connectivity index is 2.02. The summed E-state index contributed by atoms with van der Waals surface area (Å²) in [5.74, 6) is -0.953. The van der Waals surface area contributed by atoms with Crippen molar-refractivity contribution in [2.45, 2.75) is 24.4 Å². The topological polar surface area (TPSA) is 86.8 Å². The Bertz CT molecular complexity index is 1340. The lowest BCUT2D eigenvalue weighted by molar-refractivity contribution is -0.139. The third-order valence-electron chi connectivity index (χ3n) is 5.48. The number of sulfonamides is 1. The van der Waals surface area contributed by atoms with Crippen LogP contribution in [0, 0.1) is 3.57 Å². The van der Waals surface area contributed by atoms with Crippen LogP contribution >= 0.6 is 45.8 Å². The minimum absolute atomic E-state index is 0.0240. The molecule has 3 rings (SSSR count). The molecule has 0 aliphatic rings. The highest BCUT2D eigenvalue weighted by Crippen LogP contribution is 2.26. The van der Waals surface area contributed by atoms with Crippen LogP contribution in [0.2, 0.25) is 10.0 Å². The molecule has 0 aliphatic carbocycles. The molecule has 0 aliphatic heterocycles. The molecule has 0 bridgehead atoms. The highest BCUT2D eigenvalue weighted by atomic mass is 127. The van der Waals surface area contributed by atoms with Crippen molar-refractivity contribution in [3.8, 4) is 0 Å². The van der Waals surface area contributed by atoms with Gasteiger partial charge in [0.1, 0.15) is 12.6 Å². The molecule has 2 amide bonds. The number of nitrogens with zero attached hydrogens (tertiary/aromatic N) is 2. The molecule has 0 heterocycles. The van der Waals surface area contributed by atoms with Crippen molar-refractivity contribution in [1.29, 1.82) is 0 Å². The lowest BCUT2D eigenvalue weighted by Crippen LogP contribution is -2.50. The van der Waals surface area contributed by atoms with E-state index in [9.17, 15) is 18.0 Å². The summed E-state index contributed by atoms with van der Waals surface area (Å²) in [4.78, 5) is 27.5. The largest absolute Gasteiger partial charge is 0.357 e. The molecule has 1 atom stereocenters. The zero-order chi connectivity index (χ0) is 26.5. The van der Waals surface area contributed by atoms with Gasteiger partial charge < -0.3 is 10.2 Å². The average Bonchev–Trinajstić information content (AvgIpc) is 2.88. The van der Waals surface area contributed by atoms with Crippen LogP contribution < -0.4 is 9.62 Å². The summed E-state index contributed by atoms with van der Waals surface area (Å²) in [5.41, 5.74) is 0.968. The van der Waals surface area contributed by atoms with Gasteiger partial charge in [-0.25, -0.2) is 8.42 Å². The van der Waals surface area contributed by atoms with E-state index in [1.54, 1.807) is 67.6 Å². The summed E-state index contributed by atoms with van der Waals surface area (Å²) in [6, 6.07) is 18.7. The fourth-order valence-electron chi connectivity index (χ4n) is 3.48. The lowest BCUT2D eigenvalue weighted by Gasteiger charge is -2.31. The SMILES string of the molecule is CNC(=O)[C@H](C)N(Cc1ccc(Cl)c(Cl)c1)C(=O)CN(c1ccc(I)cc1)S(=O)(=O)c1ccccc1. The number of anilines is 1. The van der Waals surface area contributed by atoms with Gasteiger partial charge in [-0.3, -0.25) is 13.9 Å². The van der Waals surface area contributed by atoms with Gasteiger partial charge in [0.2, 0.25) is 11.8 Å². The number of carbonyl (C=O) groups excluding carboxylic acids is 2. The Labute approximate surface area is 234 Å². The summed E-state index contributed by atoms with van der Waals surface area (Å²) in [5, 5.41) is 3.21. The van der Waals surface area contributed by atoms with Gasteiger partial charge in [0.25, 0.3) is 10.0 Å². The number of rotatable bonds is 9. The number of hydrogen-bond donors (Lipinski definition) is 1. The fourth-order valence-corrected chi connectivity index (χ4v) is 5.60. The van der Waals surface area contributed by atoms with Crippen molar-refractivity contribution in [3.63, 3.8) is 0 Å². The van der Waals surface area contributed by atoms with Gasteiger partial charge in [-0.1, -0.05) is 47.5 Å². The molecule has 3 aromatic rings. The number of halogens is 3. The second kappa shape index (κ2) is 12.3. The maximum absolute atomic E-state index is 13.7. The first kappa shape index (κ1) is 28.2. The highest BCUT2D eigenvalue weighted by molar-refractivity contribution is 14.1. The van der Waals surface area contributed by atoms with E-state index < -0.39 is 34.4 Å². The fraction of sp³-hybridized carbons (Fsp3) is 0.200. The minimum Gasteiger partial charge on any atom is -0.357 e. The van der Waals surface area contributed by atoms with Crippen molar-refractivity contribution in [1.82, 2.24) is 10.2 Å². The second-order valence-corrected chi connectivity index (χ2v) is 11.8. The molecule has 0 saturated carbocycles. The highest BCUT2D eigenvalue weighted by Gasteiger charge is 2.32. The van der Waals surface area contributed by atoms with E-state index in [-0.39, 0.29) is 11.4 Å². The number of hydrogen-bond acceptors (Lipinski definition) is 4. The Morgan fingerprint density at radius 1 is 0.972 bits per heavy atom. The third kappa shape index (κ3) is 6.70. The molecule has 1 N–H and O–H groups in total. The molecular formula is C25H24Cl2IN3O4S. The Morgan fingerprint density at radius 2 is 1.61 bits per heavy atom. The molecule has 0 unspecified atom stereocenters. The molecule has 0 aromatic heterocycles. The van der Waals surface area contributed by atoms with Gasteiger partial charge in [-0.15, -0.1) is 0 Å². The standard InChI is InChI=1S/C25H24Cl2IN3O4S/c1-17(25(33)29-2)30(15-18-8-13-22(26)23(27)14-18)24(32)16-31(20-11-9-19(28)10-12-20)36(34,35)21-6-4-3-5-7-21/h3-14,17H,15-16H2,1-2H3,(H,29,33)/t17-/m0/s1. The summed E-state index contributed by atoms with van der Waals surface area (Å²) < 4.78 is 29.2. The van der Waals surface area contributed by atoms with Crippen molar-refractivity contribution < 1.29 is 18.0 Å². The molecular weight excluding hydrogens is 636 g/mol. The summed E-state index contributed by atoms with van der Waals surface area (Å²) in [6.45, 7) is 1.09. The van der Waals surface area contributed by atoms with Gasteiger partial charge in [0.15, 0.2) is 0 Å². The van der Waals surface area contributed by atoms with Crippen molar-refractivity contribution >= 4 is 73.3 Å². The molecule has 0 spiro atoms. The average molecular weight is 660 g/mol. The van der Waals surface area contributed by atoms with Crippen LogP contribution in [0.4, 0.5) is 5.69 Å². The quantitative estimate of drug-likeness (QED) is 0.329. The lowest BCUT2D eigenvalue weighted by atomic mass is 10.1. The van der Waals surface area contributed by atoms with Gasteiger partial charge in [0.05, 0.1) is 20.6 Å². The van der Waals surface area contributed by atoms with Crippen LogP contribution in [-0.2, 0) is 26.2 Å². The molecule has 7 nitrogen and oxygen atoms in total. The van der Waals surface area contributed by atoms with Gasteiger partial charge in [-0.2, -0.15) is 0 Å². The van der Waals surface area contributed by atoms with Crippen LogP contribution in [0.1, 0.15) is 12.5 Å². The second-order valence-electron chi connectivity index (χ2n) is 7.86. The van der Waals surface area contributed by atoms with Crippen LogP contribution in [0.25, 0.3) is 0 Å². The molecule has 190 valence electrons. The summed E-state index contributed by atoms with van der Waals surface area (Å²) >= 11 is 14.3. The third-order valence-corrected chi connectivity index (χ3v) is 8.72. The predicted molar refractivity (Wildman–Crippen MR) is 151 cm³/mol. The number of carbonyl (C=O) groups is 2. The van der Waals surface area contributed by atoms with Crippen molar-refractivity contribution in [2.75, 3.05) is 17.9 Å². The Morgan fingerprint density at radius 3 is 2.19 bits per heavy atom. The van der Waals surface area contributed by atoms with E-state index >= 15 is 0 Å². The number of likely N-dealkylation sites (N-methyl/N-ethyl adjacent to an activating group) is 1. The molecule has 0 saturated heterocycles. The van der Waals surface area contributed by atoms with E-state index in [1.807, 2.05) is 0 Å².